The van der Waals surface area contributed by atoms with Crippen molar-refractivity contribution in [3.8, 4) is 0 Å². The predicted octanol–water partition coefficient (Wildman–Crippen LogP) is 8.76. The second-order valence-corrected chi connectivity index (χ2v) is 12.6. The highest BCUT2D eigenvalue weighted by molar-refractivity contribution is 5.87. The van der Waals surface area contributed by atoms with Crippen LogP contribution in [0.4, 0.5) is 0 Å². The number of aliphatic hydroxyl groups is 1. The Balaban J connectivity index is 4.63. The molecule has 0 saturated heterocycles. The molecule has 288 valence electrons. The van der Waals surface area contributed by atoms with Gasteiger partial charge in [-0.1, -0.05) is 113 Å². The van der Waals surface area contributed by atoms with Gasteiger partial charge in [0.05, 0.1) is 13.2 Å². The van der Waals surface area contributed by atoms with Gasteiger partial charge in [-0.3, -0.25) is 14.4 Å². The molecule has 0 fully saturated rings. The number of unbranched alkanes of at least 4 members (excludes halogenated alkanes) is 9. The summed E-state index contributed by atoms with van der Waals surface area (Å²) in [5, 5.41) is 22.5. The first kappa shape index (κ1) is 47.3. The number of rotatable bonds is 33. The molecule has 2 amide bonds. The second kappa shape index (κ2) is 36.1. The van der Waals surface area contributed by atoms with Crippen LogP contribution >= 0.6 is 0 Å². The van der Waals surface area contributed by atoms with E-state index in [-0.39, 0.29) is 30.9 Å². The van der Waals surface area contributed by atoms with Gasteiger partial charge < -0.3 is 25.6 Å². The van der Waals surface area contributed by atoms with Crippen molar-refractivity contribution >= 4 is 23.8 Å². The molecule has 2 unspecified atom stereocenters. The van der Waals surface area contributed by atoms with Crippen molar-refractivity contribution in [1.29, 1.82) is 0 Å². The number of allylic oxidation sites excluding steroid dienone is 11. The maximum Gasteiger partial charge on any atom is 0.328 e. The van der Waals surface area contributed by atoms with Crippen LogP contribution in [0.15, 0.2) is 72.9 Å². The van der Waals surface area contributed by atoms with Crippen molar-refractivity contribution in [3.63, 3.8) is 0 Å². The Morgan fingerprint density at radius 2 is 1.18 bits per heavy atom. The summed E-state index contributed by atoms with van der Waals surface area (Å²) >= 11 is 0. The molecule has 0 aromatic rings. The van der Waals surface area contributed by atoms with E-state index in [9.17, 15) is 19.2 Å². The van der Waals surface area contributed by atoms with Crippen LogP contribution in [0.3, 0.4) is 0 Å². The topological polar surface area (TPSA) is 142 Å². The van der Waals surface area contributed by atoms with E-state index in [0.717, 1.165) is 57.8 Å². The third-order valence-corrected chi connectivity index (χ3v) is 7.92. The summed E-state index contributed by atoms with van der Waals surface area (Å²) in [6.07, 6.45) is 43.6. The number of nitrogens with one attached hydrogen (secondary N) is 2. The summed E-state index contributed by atoms with van der Waals surface area (Å²) in [6.45, 7) is 3.24. The third kappa shape index (κ3) is 33.2. The highest BCUT2D eigenvalue weighted by Gasteiger charge is 2.19. The fourth-order valence-electron chi connectivity index (χ4n) is 4.95. The van der Waals surface area contributed by atoms with E-state index in [4.69, 9.17) is 14.9 Å². The number of carbonyl (C=O) groups excluding carboxylic acids is 3. The molecule has 0 spiro atoms. The van der Waals surface area contributed by atoms with E-state index >= 15 is 0 Å². The van der Waals surface area contributed by atoms with Gasteiger partial charge in [0.15, 0.2) is 0 Å². The zero-order chi connectivity index (χ0) is 37.6. The van der Waals surface area contributed by atoms with Crippen molar-refractivity contribution in [2.75, 3.05) is 13.2 Å². The van der Waals surface area contributed by atoms with E-state index in [1.807, 2.05) is 12.2 Å². The molecule has 0 saturated carbocycles. The highest BCUT2D eigenvalue weighted by atomic mass is 16.5. The Bertz CT molecular complexity index is 1090. The molecule has 0 aliphatic carbocycles. The first-order chi connectivity index (χ1) is 24.8. The summed E-state index contributed by atoms with van der Waals surface area (Å²) in [7, 11) is 0. The second-order valence-electron chi connectivity index (χ2n) is 12.6. The van der Waals surface area contributed by atoms with E-state index in [1.54, 1.807) is 0 Å². The lowest BCUT2D eigenvalue weighted by Crippen LogP contribution is -2.47. The number of esters is 1. The van der Waals surface area contributed by atoms with Gasteiger partial charge in [0, 0.05) is 12.8 Å². The zero-order valence-corrected chi connectivity index (χ0v) is 31.6. The lowest BCUT2D eigenvalue weighted by atomic mass is 10.1. The molecule has 9 heteroatoms. The predicted molar refractivity (Wildman–Crippen MR) is 208 cm³/mol. The number of aliphatic carboxylic acids is 1. The average molecular weight is 713 g/mol. The number of ether oxygens (including phenoxy) is 1. The number of amides is 2. The quantitative estimate of drug-likeness (QED) is 0.0303. The Hall–Kier alpha value is -3.72. The molecule has 0 heterocycles. The van der Waals surface area contributed by atoms with Crippen molar-refractivity contribution in [3.05, 3.63) is 72.9 Å². The number of hydrogen-bond donors (Lipinski definition) is 4. The van der Waals surface area contributed by atoms with Crippen molar-refractivity contribution in [2.45, 2.75) is 154 Å². The first-order valence-electron chi connectivity index (χ1n) is 19.3. The Kier molecular flexibility index (Phi) is 33.5. The molecular formula is C42H68N2O7. The lowest BCUT2D eigenvalue weighted by Gasteiger charge is -2.15. The molecule has 0 aromatic carbocycles. The van der Waals surface area contributed by atoms with E-state index in [2.05, 4.69) is 85.2 Å². The largest absolute Gasteiger partial charge is 0.480 e. The van der Waals surface area contributed by atoms with Crippen LogP contribution in [0.5, 0.6) is 0 Å². The highest BCUT2D eigenvalue weighted by Crippen LogP contribution is 2.13. The van der Waals surface area contributed by atoms with E-state index in [0.29, 0.717) is 25.7 Å². The van der Waals surface area contributed by atoms with Crippen LogP contribution in [0.25, 0.3) is 0 Å². The number of carboxylic acid groups (broad SMARTS) is 1. The molecule has 9 nitrogen and oxygen atoms in total. The van der Waals surface area contributed by atoms with Crippen LogP contribution in [0.2, 0.25) is 0 Å². The molecule has 51 heavy (non-hydrogen) atoms. The van der Waals surface area contributed by atoms with Crippen molar-refractivity contribution < 1.29 is 34.1 Å². The molecular weight excluding hydrogens is 644 g/mol. The maximum absolute atomic E-state index is 12.7. The minimum Gasteiger partial charge on any atom is -0.480 e. The van der Waals surface area contributed by atoms with Gasteiger partial charge in [-0.05, 0) is 89.5 Å². The summed E-state index contributed by atoms with van der Waals surface area (Å²) in [5.41, 5.74) is 0. The first-order valence-corrected chi connectivity index (χ1v) is 19.3. The average Bonchev–Trinajstić information content (AvgIpc) is 3.11. The molecule has 0 aromatic heterocycles. The van der Waals surface area contributed by atoms with Crippen LogP contribution in [0.1, 0.15) is 142 Å². The lowest BCUT2D eigenvalue weighted by molar-refractivity contribution is -0.147. The smallest absolute Gasteiger partial charge is 0.328 e. The van der Waals surface area contributed by atoms with Gasteiger partial charge in [-0.25, -0.2) is 4.79 Å². The van der Waals surface area contributed by atoms with Crippen molar-refractivity contribution in [1.82, 2.24) is 10.6 Å². The van der Waals surface area contributed by atoms with Crippen molar-refractivity contribution in [2.24, 2.45) is 0 Å². The maximum atomic E-state index is 12.7. The van der Waals surface area contributed by atoms with Gasteiger partial charge in [0.25, 0.3) is 0 Å². The van der Waals surface area contributed by atoms with Crippen LogP contribution < -0.4 is 10.6 Å². The van der Waals surface area contributed by atoms with Crippen LogP contribution in [-0.2, 0) is 23.9 Å². The van der Waals surface area contributed by atoms with E-state index < -0.39 is 24.5 Å². The molecule has 0 radical (unpaired) electrons. The molecule has 0 rings (SSSR count). The number of carboxylic acids is 1. The third-order valence-electron chi connectivity index (χ3n) is 7.92. The standard InChI is InChI=1S/C42H68N2O7/c1-3-5-7-9-11-13-15-17-18-19-21-23-25-27-31-37(32-29-30-33-39(46)43-35-40(47)44-38(36-45)42(49)50)51-41(48)34-28-26-24-22-20-16-14-12-10-8-6-4-2/h5,7,11-14,17-18,21,23,27,31,37-38,45H,3-4,6,8-10,15-16,19-20,22,24-26,28-30,32-36H2,1-2H3,(H,43,46)(H,44,47)(H,49,50)/b7-5-,13-11-,14-12-,18-17-,23-21-,31-27-. The van der Waals surface area contributed by atoms with Gasteiger partial charge >= 0.3 is 11.9 Å². The van der Waals surface area contributed by atoms with Gasteiger partial charge in [0.1, 0.15) is 12.1 Å². The fraction of sp³-hybridized carbons (Fsp3) is 0.619. The summed E-state index contributed by atoms with van der Waals surface area (Å²) < 4.78 is 5.81. The number of hydrogen-bond acceptors (Lipinski definition) is 6. The summed E-state index contributed by atoms with van der Waals surface area (Å²) in [4.78, 5) is 47.6. The molecule has 0 aliphatic rings. The van der Waals surface area contributed by atoms with Gasteiger partial charge in [0.2, 0.25) is 11.8 Å². The van der Waals surface area contributed by atoms with Gasteiger partial charge in [-0.2, -0.15) is 0 Å². The molecule has 2 atom stereocenters. The summed E-state index contributed by atoms with van der Waals surface area (Å²) in [5.74, 6) is -2.60. The Labute approximate surface area is 308 Å². The molecule has 0 aliphatic heterocycles. The Morgan fingerprint density at radius 3 is 1.76 bits per heavy atom. The van der Waals surface area contributed by atoms with E-state index in [1.165, 1.54) is 38.5 Å². The van der Waals surface area contributed by atoms with Gasteiger partial charge in [-0.15, -0.1) is 0 Å². The fourth-order valence-corrected chi connectivity index (χ4v) is 4.95. The van der Waals surface area contributed by atoms with Crippen LogP contribution in [0, 0.1) is 0 Å². The zero-order valence-electron chi connectivity index (χ0n) is 31.6. The minimum absolute atomic E-state index is 0.177. The summed E-state index contributed by atoms with van der Waals surface area (Å²) in [6, 6.07) is -1.41. The number of carbonyl (C=O) groups is 4. The Morgan fingerprint density at radius 1 is 0.627 bits per heavy atom. The normalized spacial score (nSPS) is 13.3. The monoisotopic (exact) mass is 713 g/mol. The molecule has 4 N–H and O–H groups in total. The minimum atomic E-state index is -1.41. The van der Waals surface area contributed by atoms with Crippen LogP contribution in [-0.4, -0.2) is 59.3 Å². The SMILES string of the molecule is CC/C=C\C/C=C\C/C=C\C/C=C\C/C=C\C(CCCCC(=O)NCC(=O)NC(CO)C(=O)O)OC(=O)CCCCCCC/C=C\CCCCC. The number of aliphatic hydroxyl groups excluding tert-OH is 1. The molecule has 0 bridgehead atoms.